The van der Waals surface area contributed by atoms with Gasteiger partial charge >= 0.3 is 6.03 Å². The topological polar surface area (TPSA) is 73.5 Å². The highest BCUT2D eigenvalue weighted by Crippen LogP contribution is 2.29. The molecule has 3 N–H and O–H groups in total. The molecule has 1 fully saturated rings. The number of nitrogens with one attached hydrogen (secondary N) is 3. The van der Waals surface area contributed by atoms with Crippen LogP contribution in [0, 0.1) is 5.92 Å². The minimum absolute atomic E-state index is 0.0227. The van der Waals surface area contributed by atoms with Crippen LogP contribution in [0.15, 0.2) is 42.5 Å². The third kappa shape index (κ3) is 5.89. The molecular formula is C23H29ClN4O2. The van der Waals surface area contributed by atoms with Crippen molar-refractivity contribution in [1.29, 1.82) is 0 Å². The first kappa shape index (κ1) is 22.0. The van der Waals surface area contributed by atoms with E-state index < -0.39 is 6.03 Å². The van der Waals surface area contributed by atoms with E-state index in [0.29, 0.717) is 27.9 Å². The summed E-state index contributed by atoms with van der Waals surface area (Å²) in [7, 11) is 0. The molecular weight excluding hydrogens is 400 g/mol. The van der Waals surface area contributed by atoms with Crippen LogP contribution < -0.4 is 20.9 Å². The normalized spacial score (nSPS) is 14.5. The summed E-state index contributed by atoms with van der Waals surface area (Å²) < 4.78 is 0. The van der Waals surface area contributed by atoms with Crippen LogP contribution >= 0.6 is 11.6 Å². The highest BCUT2D eigenvalue weighted by molar-refractivity contribution is 6.30. The molecule has 2 aromatic rings. The summed E-state index contributed by atoms with van der Waals surface area (Å²) in [6, 6.07) is 12.0. The van der Waals surface area contributed by atoms with E-state index >= 15 is 0 Å². The number of amides is 3. The smallest absolute Gasteiger partial charge is 0.323 e. The van der Waals surface area contributed by atoms with Gasteiger partial charge in [0.25, 0.3) is 5.91 Å². The Morgan fingerprint density at radius 2 is 1.70 bits per heavy atom. The molecule has 0 radical (unpaired) electrons. The van der Waals surface area contributed by atoms with Gasteiger partial charge in [-0.2, -0.15) is 0 Å². The predicted molar refractivity (Wildman–Crippen MR) is 124 cm³/mol. The van der Waals surface area contributed by atoms with E-state index in [1.165, 1.54) is 0 Å². The standard InChI is InChI=1S/C23H29ClN4O2/c1-15(2)25-22(29)20-14-19(7-8-21(20)28-11-9-16(3)10-12-28)27-23(30)26-18-6-4-5-17(24)13-18/h4-8,13-16H,9-12H2,1-3H3,(H,25,29)(H2,26,27,30). The van der Waals surface area contributed by atoms with E-state index in [-0.39, 0.29) is 11.9 Å². The summed E-state index contributed by atoms with van der Waals surface area (Å²) in [5.74, 6) is 0.558. The number of benzene rings is 2. The molecule has 1 aliphatic rings. The van der Waals surface area contributed by atoms with Crippen LogP contribution in [0.1, 0.15) is 44.0 Å². The minimum atomic E-state index is -0.396. The van der Waals surface area contributed by atoms with Gasteiger partial charge in [-0.1, -0.05) is 24.6 Å². The van der Waals surface area contributed by atoms with E-state index in [9.17, 15) is 9.59 Å². The molecule has 6 nitrogen and oxygen atoms in total. The maximum Gasteiger partial charge on any atom is 0.323 e. The first-order valence-corrected chi connectivity index (χ1v) is 10.7. The van der Waals surface area contributed by atoms with Gasteiger partial charge < -0.3 is 20.9 Å². The van der Waals surface area contributed by atoms with Crippen molar-refractivity contribution < 1.29 is 9.59 Å². The molecule has 3 amide bonds. The van der Waals surface area contributed by atoms with Gasteiger partial charge in [-0.15, -0.1) is 0 Å². The number of nitrogens with zero attached hydrogens (tertiary/aromatic N) is 1. The first-order valence-electron chi connectivity index (χ1n) is 10.3. The van der Waals surface area contributed by atoms with Crippen molar-refractivity contribution >= 4 is 40.6 Å². The van der Waals surface area contributed by atoms with Gasteiger partial charge in [-0.3, -0.25) is 4.79 Å². The Labute approximate surface area is 183 Å². The van der Waals surface area contributed by atoms with Gasteiger partial charge in [-0.05, 0) is 69.0 Å². The van der Waals surface area contributed by atoms with Crippen molar-refractivity contribution in [3.8, 4) is 0 Å². The van der Waals surface area contributed by atoms with Gasteiger partial charge in [0.05, 0.1) is 5.56 Å². The average molecular weight is 429 g/mol. The maximum absolute atomic E-state index is 12.9. The Kier molecular flexibility index (Phi) is 7.21. The monoisotopic (exact) mass is 428 g/mol. The van der Waals surface area contributed by atoms with Crippen molar-refractivity contribution in [3.05, 3.63) is 53.1 Å². The number of rotatable bonds is 5. The molecule has 160 valence electrons. The molecule has 0 unspecified atom stereocenters. The zero-order valence-corrected chi connectivity index (χ0v) is 18.4. The number of anilines is 3. The third-order valence-electron chi connectivity index (χ3n) is 5.13. The summed E-state index contributed by atoms with van der Waals surface area (Å²) in [5.41, 5.74) is 2.62. The third-order valence-corrected chi connectivity index (χ3v) is 5.36. The molecule has 30 heavy (non-hydrogen) atoms. The van der Waals surface area contributed by atoms with Crippen molar-refractivity contribution in [2.45, 2.75) is 39.7 Å². The van der Waals surface area contributed by atoms with Gasteiger partial charge in [0, 0.05) is 41.2 Å². The molecule has 2 aromatic carbocycles. The number of carbonyl (C=O) groups excluding carboxylic acids is 2. The molecule has 1 aliphatic heterocycles. The van der Waals surface area contributed by atoms with E-state index in [0.717, 1.165) is 31.6 Å². The lowest BCUT2D eigenvalue weighted by molar-refractivity contribution is 0.0943. The van der Waals surface area contributed by atoms with Crippen LogP contribution in [0.3, 0.4) is 0 Å². The first-order chi connectivity index (χ1) is 14.3. The fourth-order valence-corrected chi connectivity index (χ4v) is 3.71. The molecule has 0 bridgehead atoms. The lowest BCUT2D eigenvalue weighted by Gasteiger charge is -2.33. The Morgan fingerprint density at radius 3 is 2.33 bits per heavy atom. The number of carbonyl (C=O) groups is 2. The zero-order chi connectivity index (χ0) is 21.7. The highest BCUT2D eigenvalue weighted by atomic mass is 35.5. The predicted octanol–water partition coefficient (Wildman–Crippen LogP) is 5.36. The Morgan fingerprint density at radius 1 is 1.03 bits per heavy atom. The second-order valence-electron chi connectivity index (χ2n) is 8.12. The molecule has 0 aliphatic carbocycles. The van der Waals surface area contributed by atoms with Gasteiger partial charge in [-0.25, -0.2) is 4.79 Å². The summed E-state index contributed by atoms with van der Waals surface area (Å²) in [4.78, 5) is 27.5. The maximum atomic E-state index is 12.9. The number of urea groups is 1. The second kappa shape index (κ2) is 9.85. The van der Waals surface area contributed by atoms with Crippen molar-refractivity contribution in [3.63, 3.8) is 0 Å². The van der Waals surface area contributed by atoms with Gasteiger partial charge in [0.2, 0.25) is 0 Å². The average Bonchev–Trinajstić information content (AvgIpc) is 2.68. The summed E-state index contributed by atoms with van der Waals surface area (Å²) in [5, 5.41) is 9.06. The lowest BCUT2D eigenvalue weighted by atomic mass is 9.97. The second-order valence-corrected chi connectivity index (χ2v) is 8.56. The van der Waals surface area contributed by atoms with Crippen molar-refractivity contribution in [2.75, 3.05) is 28.6 Å². The SMILES string of the molecule is CC1CCN(c2ccc(NC(=O)Nc3cccc(Cl)c3)cc2C(=O)NC(C)C)CC1. The summed E-state index contributed by atoms with van der Waals surface area (Å²) >= 11 is 5.96. The Hall–Kier alpha value is -2.73. The number of halogens is 1. The molecule has 1 saturated heterocycles. The van der Waals surface area contributed by atoms with Crippen LogP contribution in [0.5, 0.6) is 0 Å². The summed E-state index contributed by atoms with van der Waals surface area (Å²) in [6.45, 7) is 7.97. The summed E-state index contributed by atoms with van der Waals surface area (Å²) in [6.07, 6.45) is 2.21. The molecule has 1 heterocycles. The Bertz CT molecular complexity index is 908. The zero-order valence-electron chi connectivity index (χ0n) is 17.7. The number of hydrogen-bond acceptors (Lipinski definition) is 3. The van der Waals surface area contributed by atoms with Crippen molar-refractivity contribution in [2.24, 2.45) is 5.92 Å². The Balaban J connectivity index is 1.79. The van der Waals surface area contributed by atoms with E-state index in [2.05, 4.69) is 27.8 Å². The highest BCUT2D eigenvalue weighted by Gasteiger charge is 2.22. The molecule has 0 atom stereocenters. The van der Waals surface area contributed by atoms with E-state index in [4.69, 9.17) is 11.6 Å². The van der Waals surface area contributed by atoms with Gasteiger partial charge in [0.1, 0.15) is 0 Å². The molecule has 0 spiro atoms. The lowest BCUT2D eigenvalue weighted by Crippen LogP contribution is -2.36. The molecule has 7 heteroatoms. The minimum Gasteiger partial charge on any atom is -0.371 e. The quantitative estimate of drug-likeness (QED) is 0.600. The molecule has 3 rings (SSSR count). The fourth-order valence-electron chi connectivity index (χ4n) is 3.52. The van der Waals surface area contributed by atoms with E-state index in [1.807, 2.05) is 26.0 Å². The number of piperidine rings is 1. The van der Waals surface area contributed by atoms with Crippen LogP contribution in [-0.2, 0) is 0 Å². The van der Waals surface area contributed by atoms with Crippen LogP contribution in [0.2, 0.25) is 5.02 Å². The van der Waals surface area contributed by atoms with Crippen LogP contribution in [-0.4, -0.2) is 31.1 Å². The largest absolute Gasteiger partial charge is 0.371 e. The van der Waals surface area contributed by atoms with Crippen molar-refractivity contribution in [1.82, 2.24) is 5.32 Å². The van der Waals surface area contributed by atoms with Crippen LogP contribution in [0.25, 0.3) is 0 Å². The van der Waals surface area contributed by atoms with Gasteiger partial charge in [0.15, 0.2) is 0 Å². The van der Waals surface area contributed by atoms with Crippen LogP contribution in [0.4, 0.5) is 21.9 Å². The molecule has 0 aromatic heterocycles. The van der Waals surface area contributed by atoms with E-state index in [1.54, 1.807) is 30.3 Å². The molecule has 0 saturated carbocycles. The number of hydrogen-bond donors (Lipinski definition) is 3. The fraction of sp³-hybridized carbons (Fsp3) is 0.391.